The van der Waals surface area contributed by atoms with Crippen LogP contribution in [-0.2, 0) is 0 Å². The summed E-state index contributed by atoms with van der Waals surface area (Å²) in [7, 11) is 0. The molecule has 1 saturated carbocycles. The highest BCUT2D eigenvalue weighted by Crippen LogP contribution is 2.29. The zero-order valence-corrected chi connectivity index (χ0v) is 10.5. The summed E-state index contributed by atoms with van der Waals surface area (Å²) >= 11 is 6.09. The van der Waals surface area contributed by atoms with Gasteiger partial charge in [-0.2, -0.15) is 5.26 Å². The van der Waals surface area contributed by atoms with Crippen molar-refractivity contribution < 1.29 is 4.74 Å². The van der Waals surface area contributed by atoms with Gasteiger partial charge in [0, 0.05) is 0 Å². The minimum absolute atomic E-state index is 0.280. The molecule has 0 N–H and O–H groups in total. The highest BCUT2D eigenvalue weighted by Gasteiger charge is 2.15. The number of ether oxygens (including phenoxy) is 1. The topological polar surface area (TPSA) is 33.0 Å². The van der Waals surface area contributed by atoms with E-state index >= 15 is 0 Å². The van der Waals surface area contributed by atoms with Gasteiger partial charge >= 0.3 is 0 Å². The van der Waals surface area contributed by atoms with Crippen LogP contribution in [0.25, 0.3) is 0 Å². The fourth-order valence-corrected chi connectivity index (χ4v) is 2.43. The minimum Gasteiger partial charge on any atom is -0.489 e. The summed E-state index contributed by atoms with van der Waals surface area (Å²) in [5.41, 5.74) is 0.572. The second-order valence-electron chi connectivity index (χ2n) is 4.49. The average Bonchev–Trinajstić information content (AvgIpc) is 2.60. The monoisotopic (exact) mass is 249 g/mol. The van der Waals surface area contributed by atoms with E-state index in [9.17, 15) is 0 Å². The molecule has 1 aromatic rings. The van der Waals surface area contributed by atoms with E-state index in [-0.39, 0.29) is 6.10 Å². The number of nitriles is 1. The second-order valence-corrected chi connectivity index (χ2v) is 4.90. The normalized spacial score (nSPS) is 17.2. The Labute approximate surface area is 107 Å². The lowest BCUT2D eigenvalue weighted by molar-refractivity contribution is 0.184. The number of hydrogen-bond acceptors (Lipinski definition) is 2. The number of benzene rings is 1. The first-order chi connectivity index (χ1) is 8.29. The van der Waals surface area contributed by atoms with Crippen LogP contribution >= 0.6 is 11.6 Å². The van der Waals surface area contributed by atoms with Crippen molar-refractivity contribution in [1.82, 2.24) is 0 Å². The fraction of sp³-hybridized carbons (Fsp3) is 0.500. The Morgan fingerprint density at radius 3 is 2.47 bits per heavy atom. The van der Waals surface area contributed by atoms with E-state index in [4.69, 9.17) is 21.6 Å². The van der Waals surface area contributed by atoms with E-state index in [1.165, 1.54) is 25.7 Å². The van der Waals surface area contributed by atoms with E-state index in [1.54, 1.807) is 18.2 Å². The van der Waals surface area contributed by atoms with Gasteiger partial charge < -0.3 is 4.74 Å². The summed E-state index contributed by atoms with van der Waals surface area (Å²) in [5, 5.41) is 9.30. The van der Waals surface area contributed by atoms with Crippen molar-refractivity contribution in [3.8, 4) is 11.8 Å². The molecule has 0 atom stereocenters. The Hall–Kier alpha value is -1.20. The van der Waals surface area contributed by atoms with Gasteiger partial charge in [-0.3, -0.25) is 0 Å². The minimum atomic E-state index is 0.280. The molecule has 1 fully saturated rings. The summed E-state index contributed by atoms with van der Waals surface area (Å²) in [6.45, 7) is 0. The first kappa shape index (κ1) is 12.3. The molecule has 0 saturated heterocycles. The maximum absolute atomic E-state index is 8.76. The first-order valence-electron chi connectivity index (χ1n) is 6.16. The third kappa shape index (κ3) is 3.38. The largest absolute Gasteiger partial charge is 0.489 e. The summed E-state index contributed by atoms with van der Waals surface area (Å²) in [4.78, 5) is 0. The zero-order valence-electron chi connectivity index (χ0n) is 9.79. The molecule has 2 rings (SSSR count). The summed E-state index contributed by atoms with van der Waals surface area (Å²) in [6, 6.07) is 7.27. The molecule has 0 amide bonds. The van der Waals surface area contributed by atoms with Crippen LogP contribution in [0.4, 0.5) is 0 Å². The van der Waals surface area contributed by atoms with Crippen molar-refractivity contribution in [2.24, 2.45) is 0 Å². The predicted molar refractivity (Wildman–Crippen MR) is 68.3 cm³/mol. The van der Waals surface area contributed by atoms with Gasteiger partial charge in [-0.05, 0) is 43.9 Å². The molecule has 90 valence electrons. The van der Waals surface area contributed by atoms with Crippen molar-refractivity contribution in [2.45, 2.75) is 44.6 Å². The van der Waals surface area contributed by atoms with Crippen LogP contribution in [0.5, 0.6) is 5.75 Å². The molecular weight excluding hydrogens is 234 g/mol. The fourth-order valence-electron chi connectivity index (χ4n) is 2.21. The Morgan fingerprint density at radius 2 is 1.88 bits per heavy atom. The van der Waals surface area contributed by atoms with Gasteiger partial charge in [0.2, 0.25) is 0 Å². The smallest absolute Gasteiger partial charge is 0.138 e. The van der Waals surface area contributed by atoms with Crippen molar-refractivity contribution in [3.05, 3.63) is 28.8 Å². The van der Waals surface area contributed by atoms with Gasteiger partial charge in [0.1, 0.15) is 5.75 Å². The molecular formula is C14H16ClNO. The molecule has 0 heterocycles. The molecule has 17 heavy (non-hydrogen) atoms. The van der Waals surface area contributed by atoms with Crippen LogP contribution < -0.4 is 4.74 Å². The lowest BCUT2D eigenvalue weighted by Crippen LogP contribution is -2.15. The van der Waals surface area contributed by atoms with Gasteiger partial charge in [-0.1, -0.05) is 24.4 Å². The van der Waals surface area contributed by atoms with E-state index in [1.807, 2.05) is 0 Å². The zero-order chi connectivity index (χ0) is 12.1. The molecule has 0 aliphatic heterocycles. The van der Waals surface area contributed by atoms with Crippen molar-refractivity contribution in [1.29, 1.82) is 5.26 Å². The van der Waals surface area contributed by atoms with E-state index in [0.29, 0.717) is 16.3 Å². The Balaban J connectivity index is 2.05. The van der Waals surface area contributed by atoms with Gasteiger partial charge in [-0.25, -0.2) is 0 Å². The highest BCUT2D eigenvalue weighted by atomic mass is 35.5. The third-order valence-corrected chi connectivity index (χ3v) is 3.45. The maximum atomic E-state index is 8.76. The van der Waals surface area contributed by atoms with E-state index in [0.717, 1.165) is 12.8 Å². The summed E-state index contributed by atoms with van der Waals surface area (Å²) in [6.07, 6.45) is 7.58. The molecule has 0 spiro atoms. The van der Waals surface area contributed by atoms with Gasteiger partial charge in [0.25, 0.3) is 0 Å². The van der Waals surface area contributed by atoms with E-state index in [2.05, 4.69) is 6.07 Å². The van der Waals surface area contributed by atoms with Gasteiger partial charge in [0.15, 0.2) is 0 Å². The average molecular weight is 250 g/mol. The number of nitrogens with zero attached hydrogens (tertiary/aromatic N) is 1. The summed E-state index contributed by atoms with van der Waals surface area (Å²) in [5.74, 6) is 0.706. The van der Waals surface area contributed by atoms with Crippen LogP contribution in [-0.4, -0.2) is 6.10 Å². The number of halogens is 1. The molecule has 0 radical (unpaired) electrons. The molecule has 0 bridgehead atoms. The Bertz CT molecular complexity index is 417. The van der Waals surface area contributed by atoms with Gasteiger partial charge in [0.05, 0.1) is 22.8 Å². The lowest BCUT2D eigenvalue weighted by Gasteiger charge is -2.17. The van der Waals surface area contributed by atoms with Crippen molar-refractivity contribution in [2.75, 3.05) is 0 Å². The molecule has 1 aliphatic rings. The molecule has 1 aromatic carbocycles. The standard InChI is InChI=1S/C14H16ClNO/c15-13-9-11(10-16)7-8-14(13)17-12-5-3-1-2-4-6-12/h7-9,12H,1-6H2. The SMILES string of the molecule is N#Cc1ccc(OC2CCCCCC2)c(Cl)c1. The van der Waals surface area contributed by atoms with Crippen molar-refractivity contribution >= 4 is 11.6 Å². The molecule has 1 aliphatic carbocycles. The lowest BCUT2D eigenvalue weighted by atomic mass is 10.1. The second kappa shape index (κ2) is 5.93. The van der Waals surface area contributed by atoms with Gasteiger partial charge in [-0.15, -0.1) is 0 Å². The highest BCUT2D eigenvalue weighted by molar-refractivity contribution is 6.32. The predicted octanol–water partition coefficient (Wildman–Crippen LogP) is 4.31. The molecule has 2 nitrogen and oxygen atoms in total. The number of hydrogen-bond donors (Lipinski definition) is 0. The summed E-state index contributed by atoms with van der Waals surface area (Å²) < 4.78 is 5.92. The van der Waals surface area contributed by atoms with Crippen LogP contribution in [0.2, 0.25) is 5.02 Å². The van der Waals surface area contributed by atoms with Crippen LogP contribution in [0.1, 0.15) is 44.1 Å². The molecule has 0 aromatic heterocycles. The van der Waals surface area contributed by atoms with Crippen LogP contribution in [0.15, 0.2) is 18.2 Å². The van der Waals surface area contributed by atoms with Crippen LogP contribution in [0.3, 0.4) is 0 Å². The maximum Gasteiger partial charge on any atom is 0.138 e. The quantitative estimate of drug-likeness (QED) is 0.732. The molecule has 0 unspecified atom stereocenters. The van der Waals surface area contributed by atoms with Crippen molar-refractivity contribution in [3.63, 3.8) is 0 Å². The Kier molecular flexibility index (Phi) is 4.28. The third-order valence-electron chi connectivity index (χ3n) is 3.16. The Morgan fingerprint density at radius 1 is 1.18 bits per heavy atom. The van der Waals surface area contributed by atoms with E-state index < -0.39 is 0 Å². The van der Waals surface area contributed by atoms with Crippen LogP contribution in [0, 0.1) is 11.3 Å². The first-order valence-corrected chi connectivity index (χ1v) is 6.53. The molecule has 3 heteroatoms. The number of rotatable bonds is 2.